The molecule has 0 unspecified atom stereocenters. The number of hydrogen-bond donors (Lipinski definition) is 2. The van der Waals surface area contributed by atoms with Crippen molar-refractivity contribution >= 4 is 26.7 Å². The SMILES string of the molecule is NS(=O)(=O)c1cccc(-c2ccc([C@H]3Nc4ccccc4-c4nc5ccccc5n43)o2)c1. The number of nitrogens with zero attached hydrogens (tertiary/aromatic N) is 2. The van der Waals surface area contributed by atoms with E-state index in [0.29, 0.717) is 17.1 Å². The number of primary sulfonamides is 1. The number of rotatable bonds is 3. The predicted octanol–water partition coefficient (Wildman–Crippen LogP) is 4.58. The minimum atomic E-state index is -3.80. The lowest BCUT2D eigenvalue weighted by atomic mass is 10.1. The van der Waals surface area contributed by atoms with E-state index in [2.05, 4.69) is 9.88 Å². The Morgan fingerprint density at radius 3 is 2.62 bits per heavy atom. The highest BCUT2D eigenvalue weighted by Crippen LogP contribution is 2.41. The van der Waals surface area contributed by atoms with Crippen molar-refractivity contribution in [3.05, 3.63) is 90.7 Å². The summed E-state index contributed by atoms with van der Waals surface area (Å²) in [7, 11) is -3.80. The topological polar surface area (TPSA) is 103 Å². The number of aromatic nitrogens is 2. The number of fused-ring (bicyclic) bond motifs is 5. The molecule has 158 valence electrons. The van der Waals surface area contributed by atoms with Gasteiger partial charge in [-0.3, -0.25) is 4.57 Å². The van der Waals surface area contributed by atoms with Crippen LogP contribution in [0.15, 0.2) is 94.2 Å². The monoisotopic (exact) mass is 442 g/mol. The second kappa shape index (κ2) is 6.81. The van der Waals surface area contributed by atoms with Crippen molar-refractivity contribution in [2.24, 2.45) is 5.14 Å². The number of nitrogens with two attached hydrogens (primary N) is 1. The van der Waals surface area contributed by atoms with Crippen LogP contribution in [0.1, 0.15) is 11.9 Å². The Hall–Kier alpha value is -3.88. The Labute approximate surface area is 184 Å². The summed E-state index contributed by atoms with van der Waals surface area (Å²) in [5.74, 6) is 2.09. The smallest absolute Gasteiger partial charge is 0.238 e. The zero-order valence-corrected chi connectivity index (χ0v) is 17.6. The Morgan fingerprint density at radius 1 is 0.938 bits per heavy atom. The number of furan rings is 1. The highest BCUT2D eigenvalue weighted by atomic mass is 32.2. The van der Waals surface area contributed by atoms with E-state index in [4.69, 9.17) is 14.5 Å². The number of sulfonamides is 1. The van der Waals surface area contributed by atoms with Gasteiger partial charge >= 0.3 is 0 Å². The molecule has 0 aliphatic carbocycles. The van der Waals surface area contributed by atoms with Crippen molar-refractivity contribution < 1.29 is 12.8 Å². The van der Waals surface area contributed by atoms with Crippen molar-refractivity contribution in [1.82, 2.24) is 9.55 Å². The average molecular weight is 443 g/mol. The van der Waals surface area contributed by atoms with E-state index in [9.17, 15) is 8.42 Å². The van der Waals surface area contributed by atoms with Crippen molar-refractivity contribution in [2.45, 2.75) is 11.1 Å². The van der Waals surface area contributed by atoms with Gasteiger partial charge < -0.3 is 9.73 Å². The Bertz CT molecular complexity index is 1600. The van der Waals surface area contributed by atoms with Crippen LogP contribution in [0.4, 0.5) is 5.69 Å². The van der Waals surface area contributed by atoms with Crippen LogP contribution in [0.25, 0.3) is 33.7 Å². The summed E-state index contributed by atoms with van der Waals surface area (Å²) in [6.07, 6.45) is -0.317. The molecule has 1 atom stereocenters. The molecule has 0 spiro atoms. The average Bonchev–Trinajstić information content (AvgIpc) is 3.44. The second-order valence-electron chi connectivity index (χ2n) is 7.66. The van der Waals surface area contributed by atoms with Gasteiger partial charge in [-0.25, -0.2) is 18.5 Å². The van der Waals surface area contributed by atoms with Crippen molar-refractivity contribution in [3.8, 4) is 22.7 Å². The lowest BCUT2D eigenvalue weighted by Crippen LogP contribution is -2.24. The zero-order valence-electron chi connectivity index (χ0n) is 16.8. The van der Waals surface area contributed by atoms with Gasteiger partial charge in [-0.15, -0.1) is 0 Å². The van der Waals surface area contributed by atoms with E-state index >= 15 is 0 Å². The molecule has 1 aliphatic heterocycles. The van der Waals surface area contributed by atoms with Gasteiger partial charge in [-0.1, -0.05) is 36.4 Å². The maximum atomic E-state index is 11.7. The lowest BCUT2D eigenvalue weighted by Gasteiger charge is -2.28. The maximum absolute atomic E-state index is 11.7. The summed E-state index contributed by atoms with van der Waals surface area (Å²) in [6.45, 7) is 0. The fraction of sp³-hybridized carbons (Fsp3) is 0.0417. The zero-order chi connectivity index (χ0) is 21.9. The van der Waals surface area contributed by atoms with Crippen LogP contribution in [0, 0.1) is 0 Å². The van der Waals surface area contributed by atoms with Crippen LogP contribution in [-0.2, 0) is 10.0 Å². The molecule has 1 aliphatic rings. The van der Waals surface area contributed by atoms with Gasteiger partial charge in [-0.2, -0.15) is 0 Å². The van der Waals surface area contributed by atoms with E-state index in [-0.39, 0.29) is 11.1 Å². The highest BCUT2D eigenvalue weighted by Gasteiger charge is 2.30. The molecule has 3 heterocycles. The third-order valence-corrected chi connectivity index (χ3v) is 6.57. The van der Waals surface area contributed by atoms with Crippen molar-refractivity contribution in [3.63, 3.8) is 0 Å². The maximum Gasteiger partial charge on any atom is 0.238 e. The first-order valence-corrected chi connectivity index (χ1v) is 11.6. The number of anilines is 1. The molecular weight excluding hydrogens is 424 g/mol. The Balaban J connectivity index is 1.49. The molecule has 0 bridgehead atoms. The van der Waals surface area contributed by atoms with Crippen LogP contribution < -0.4 is 10.5 Å². The molecule has 8 heteroatoms. The molecule has 0 fully saturated rings. The van der Waals surface area contributed by atoms with E-state index in [1.165, 1.54) is 12.1 Å². The fourth-order valence-corrected chi connectivity index (χ4v) is 4.75. The van der Waals surface area contributed by atoms with Gasteiger partial charge in [-0.05, 0) is 48.5 Å². The van der Waals surface area contributed by atoms with Crippen LogP contribution in [0.5, 0.6) is 0 Å². The minimum Gasteiger partial charge on any atom is -0.457 e. The Kier molecular flexibility index (Phi) is 4.01. The summed E-state index contributed by atoms with van der Waals surface area (Å²) in [5.41, 5.74) is 4.51. The first-order chi connectivity index (χ1) is 15.5. The van der Waals surface area contributed by atoms with Gasteiger partial charge in [0.15, 0.2) is 6.17 Å². The number of hydrogen-bond acceptors (Lipinski definition) is 5. The van der Waals surface area contributed by atoms with Gasteiger partial charge in [0.2, 0.25) is 10.0 Å². The van der Waals surface area contributed by atoms with E-state index < -0.39 is 10.0 Å². The van der Waals surface area contributed by atoms with Crippen molar-refractivity contribution in [1.29, 1.82) is 0 Å². The Morgan fingerprint density at radius 2 is 1.75 bits per heavy atom. The van der Waals surface area contributed by atoms with E-state index in [1.807, 2.05) is 60.7 Å². The molecule has 5 aromatic rings. The second-order valence-corrected chi connectivity index (χ2v) is 9.22. The first kappa shape index (κ1) is 18.9. The quantitative estimate of drug-likeness (QED) is 0.426. The molecule has 6 rings (SSSR count). The molecular formula is C24H18N4O3S. The number of imidazole rings is 1. The lowest BCUT2D eigenvalue weighted by molar-refractivity contribution is 0.465. The summed E-state index contributed by atoms with van der Waals surface area (Å²) in [5, 5.41) is 8.85. The van der Waals surface area contributed by atoms with Crippen molar-refractivity contribution in [2.75, 3.05) is 5.32 Å². The van der Waals surface area contributed by atoms with Crippen LogP contribution >= 0.6 is 0 Å². The summed E-state index contributed by atoms with van der Waals surface area (Å²) in [6, 6.07) is 26.2. The minimum absolute atomic E-state index is 0.0422. The molecule has 0 radical (unpaired) electrons. The normalized spacial score (nSPS) is 15.2. The highest BCUT2D eigenvalue weighted by molar-refractivity contribution is 7.89. The molecule has 0 saturated carbocycles. The van der Waals surface area contributed by atoms with E-state index in [1.54, 1.807) is 12.1 Å². The third kappa shape index (κ3) is 2.92. The van der Waals surface area contributed by atoms with Gasteiger partial charge in [0.05, 0.1) is 15.9 Å². The third-order valence-electron chi connectivity index (χ3n) is 5.66. The molecule has 32 heavy (non-hydrogen) atoms. The summed E-state index contributed by atoms with van der Waals surface area (Å²) >= 11 is 0. The molecule has 2 aromatic heterocycles. The fourth-order valence-electron chi connectivity index (χ4n) is 4.19. The molecule has 3 aromatic carbocycles. The van der Waals surface area contributed by atoms with Crippen LogP contribution in [-0.4, -0.2) is 18.0 Å². The molecule has 3 N–H and O–H groups in total. The molecule has 0 saturated heterocycles. The summed E-state index contributed by atoms with van der Waals surface area (Å²) < 4.78 is 31.8. The van der Waals surface area contributed by atoms with Crippen LogP contribution in [0.2, 0.25) is 0 Å². The number of para-hydroxylation sites is 3. The molecule has 7 nitrogen and oxygen atoms in total. The van der Waals surface area contributed by atoms with Gasteiger partial charge in [0, 0.05) is 16.8 Å². The van der Waals surface area contributed by atoms with Gasteiger partial charge in [0.1, 0.15) is 17.3 Å². The van der Waals surface area contributed by atoms with E-state index in [0.717, 1.165) is 28.1 Å². The first-order valence-electron chi connectivity index (χ1n) is 10.0. The summed E-state index contributed by atoms with van der Waals surface area (Å²) in [4.78, 5) is 4.92. The molecule has 0 amide bonds. The standard InChI is InChI=1S/C24H18N4O3S/c25-32(29,30)16-7-5-6-15(14-16)21-12-13-22(31-21)24-26-18-9-2-1-8-17(18)23-27-19-10-3-4-11-20(19)28(23)24/h1-14,24,26H,(H2,25,29,30)/t24-/m0/s1. The largest absolute Gasteiger partial charge is 0.457 e. The van der Waals surface area contributed by atoms with Crippen LogP contribution in [0.3, 0.4) is 0 Å². The number of nitrogens with one attached hydrogen (secondary N) is 1. The number of benzene rings is 3. The van der Waals surface area contributed by atoms with Gasteiger partial charge in [0.25, 0.3) is 0 Å². The predicted molar refractivity (Wildman–Crippen MR) is 122 cm³/mol.